The highest BCUT2D eigenvalue weighted by Crippen LogP contribution is 2.27. The number of carbonyl (C=O) groups excluding carboxylic acids is 2. The smallest absolute Gasteiger partial charge is 0.193 e. The maximum Gasteiger partial charge on any atom is 0.193 e. The molecular formula is C24H19NO2. The average Bonchev–Trinajstić information content (AvgIpc) is 3.01. The van der Waals surface area contributed by atoms with Gasteiger partial charge in [0.15, 0.2) is 11.6 Å². The summed E-state index contributed by atoms with van der Waals surface area (Å²) in [6, 6.07) is 23.9. The van der Waals surface area contributed by atoms with Gasteiger partial charge in [-0.1, -0.05) is 60.7 Å². The van der Waals surface area contributed by atoms with Crippen molar-refractivity contribution in [2.75, 3.05) is 0 Å². The largest absolute Gasteiger partial charge is 0.348 e. The first-order valence-electron chi connectivity index (χ1n) is 8.86. The van der Waals surface area contributed by atoms with Gasteiger partial charge in [-0.15, -0.1) is 0 Å². The molecule has 0 aliphatic carbocycles. The third kappa shape index (κ3) is 2.97. The van der Waals surface area contributed by atoms with Crippen molar-refractivity contribution in [3.63, 3.8) is 0 Å². The molecule has 1 heterocycles. The Kier molecular flexibility index (Phi) is 4.21. The van der Waals surface area contributed by atoms with E-state index in [4.69, 9.17) is 0 Å². The summed E-state index contributed by atoms with van der Waals surface area (Å²) >= 11 is 0. The summed E-state index contributed by atoms with van der Waals surface area (Å²) in [5, 5.41) is 0.869. The monoisotopic (exact) mass is 353 g/mol. The van der Waals surface area contributed by atoms with Crippen LogP contribution < -0.4 is 0 Å². The fourth-order valence-electron chi connectivity index (χ4n) is 3.38. The zero-order valence-corrected chi connectivity index (χ0v) is 15.3. The van der Waals surface area contributed by atoms with E-state index in [1.807, 2.05) is 67.1 Å². The van der Waals surface area contributed by atoms with Gasteiger partial charge in [0.1, 0.15) is 0 Å². The first-order valence-corrected chi connectivity index (χ1v) is 8.86. The zero-order valence-electron chi connectivity index (χ0n) is 15.3. The number of fused-ring (bicyclic) bond motifs is 1. The number of aryl methyl sites for hydroxylation is 2. The molecule has 0 unspecified atom stereocenters. The molecule has 0 aliphatic heterocycles. The van der Waals surface area contributed by atoms with Crippen molar-refractivity contribution < 1.29 is 9.59 Å². The summed E-state index contributed by atoms with van der Waals surface area (Å²) in [4.78, 5) is 26.2. The quantitative estimate of drug-likeness (QED) is 0.487. The first-order chi connectivity index (χ1) is 13.1. The second-order valence-corrected chi connectivity index (χ2v) is 6.69. The third-order valence-electron chi connectivity index (χ3n) is 4.98. The number of benzene rings is 3. The van der Waals surface area contributed by atoms with Crippen molar-refractivity contribution in [3.05, 3.63) is 107 Å². The number of rotatable bonds is 4. The van der Waals surface area contributed by atoms with Crippen LogP contribution in [0.3, 0.4) is 0 Å². The van der Waals surface area contributed by atoms with Gasteiger partial charge in [0, 0.05) is 45.9 Å². The van der Waals surface area contributed by atoms with E-state index >= 15 is 0 Å². The standard InChI is InChI=1S/C24H19NO2/c1-16-13-20-21(24(27)18-11-7-4-8-12-18)14-19(15-22(20)25(16)2)23(26)17-9-5-3-6-10-17/h3-15H,1-2H3. The van der Waals surface area contributed by atoms with Crippen LogP contribution in [0.15, 0.2) is 78.9 Å². The molecule has 0 aliphatic rings. The van der Waals surface area contributed by atoms with Crippen molar-refractivity contribution in [1.29, 1.82) is 0 Å². The average molecular weight is 353 g/mol. The number of aromatic nitrogens is 1. The normalized spacial score (nSPS) is 10.9. The SMILES string of the molecule is Cc1cc2c(C(=O)c3ccccc3)cc(C(=O)c3ccccc3)cc2n1C. The fraction of sp³-hybridized carbons (Fsp3) is 0.0833. The van der Waals surface area contributed by atoms with Crippen LogP contribution in [0.4, 0.5) is 0 Å². The minimum Gasteiger partial charge on any atom is -0.348 e. The Morgan fingerprint density at radius 3 is 1.85 bits per heavy atom. The van der Waals surface area contributed by atoms with Gasteiger partial charge < -0.3 is 4.57 Å². The molecule has 0 radical (unpaired) electrons. The molecule has 0 N–H and O–H groups in total. The van der Waals surface area contributed by atoms with E-state index in [2.05, 4.69) is 0 Å². The van der Waals surface area contributed by atoms with Gasteiger partial charge in [-0.2, -0.15) is 0 Å². The lowest BCUT2D eigenvalue weighted by atomic mass is 9.94. The molecule has 4 aromatic rings. The molecule has 0 saturated heterocycles. The van der Waals surface area contributed by atoms with E-state index in [1.54, 1.807) is 30.3 Å². The number of nitrogens with zero attached hydrogens (tertiary/aromatic N) is 1. The van der Waals surface area contributed by atoms with E-state index in [0.717, 1.165) is 16.6 Å². The molecular weight excluding hydrogens is 334 g/mol. The minimum absolute atomic E-state index is 0.0751. The Morgan fingerprint density at radius 2 is 1.26 bits per heavy atom. The van der Waals surface area contributed by atoms with Crippen molar-refractivity contribution in [3.8, 4) is 0 Å². The summed E-state index contributed by atoms with van der Waals surface area (Å²) in [6.45, 7) is 2.00. The van der Waals surface area contributed by atoms with Crippen LogP contribution >= 0.6 is 0 Å². The Balaban J connectivity index is 1.93. The van der Waals surface area contributed by atoms with Crippen LogP contribution in [0.1, 0.15) is 37.5 Å². The van der Waals surface area contributed by atoms with E-state index in [-0.39, 0.29) is 11.6 Å². The van der Waals surface area contributed by atoms with Crippen molar-refractivity contribution in [2.45, 2.75) is 6.92 Å². The molecule has 0 bridgehead atoms. The summed E-state index contributed by atoms with van der Waals surface area (Å²) in [6.07, 6.45) is 0. The molecule has 3 nitrogen and oxygen atoms in total. The highest BCUT2D eigenvalue weighted by molar-refractivity contribution is 6.19. The van der Waals surface area contributed by atoms with Crippen LogP contribution in [0.25, 0.3) is 10.9 Å². The number of hydrogen-bond acceptors (Lipinski definition) is 2. The van der Waals surface area contributed by atoms with Crippen LogP contribution in [-0.2, 0) is 7.05 Å². The van der Waals surface area contributed by atoms with Gasteiger partial charge >= 0.3 is 0 Å². The van der Waals surface area contributed by atoms with Crippen LogP contribution in [-0.4, -0.2) is 16.1 Å². The van der Waals surface area contributed by atoms with Gasteiger partial charge in [0.05, 0.1) is 0 Å². The molecule has 0 fully saturated rings. The zero-order chi connectivity index (χ0) is 19.0. The van der Waals surface area contributed by atoms with Crippen LogP contribution in [0, 0.1) is 6.92 Å². The second-order valence-electron chi connectivity index (χ2n) is 6.69. The number of ketones is 2. The predicted octanol–water partition coefficient (Wildman–Crippen LogP) is 4.95. The first kappa shape index (κ1) is 17.0. The third-order valence-corrected chi connectivity index (χ3v) is 4.98. The highest BCUT2D eigenvalue weighted by atomic mass is 16.1. The number of carbonyl (C=O) groups is 2. The highest BCUT2D eigenvalue weighted by Gasteiger charge is 2.19. The van der Waals surface area contributed by atoms with Crippen molar-refractivity contribution in [2.24, 2.45) is 7.05 Å². The van der Waals surface area contributed by atoms with E-state index in [0.29, 0.717) is 22.3 Å². The van der Waals surface area contributed by atoms with Crippen LogP contribution in [0.5, 0.6) is 0 Å². The molecule has 3 aromatic carbocycles. The van der Waals surface area contributed by atoms with Gasteiger partial charge in [0.25, 0.3) is 0 Å². The molecule has 27 heavy (non-hydrogen) atoms. The Hall–Kier alpha value is -3.46. The Bertz CT molecular complexity index is 1160. The molecule has 0 saturated carbocycles. The summed E-state index contributed by atoms with van der Waals surface area (Å²) in [5.41, 5.74) is 4.23. The maximum atomic E-state index is 13.2. The Morgan fingerprint density at radius 1 is 0.704 bits per heavy atom. The maximum absolute atomic E-state index is 13.2. The van der Waals surface area contributed by atoms with Crippen LogP contribution in [0.2, 0.25) is 0 Å². The van der Waals surface area contributed by atoms with E-state index in [9.17, 15) is 9.59 Å². The topological polar surface area (TPSA) is 39.1 Å². The summed E-state index contributed by atoms with van der Waals surface area (Å²) in [5.74, 6) is -0.160. The van der Waals surface area contributed by atoms with Gasteiger partial charge in [-0.25, -0.2) is 0 Å². The predicted molar refractivity (Wildman–Crippen MR) is 107 cm³/mol. The molecule has 0 spiro atoms. The van der Waals surface area contributed by atoms with E-state index in [1.165, 1.54) is 0 Å². The van der Waals surface area contributed by atoms with Gasteiger partial charge in [-0.3, -0.25) is 9.59 Å². The molecule has 0 amide bonds. The molecule has 1 aromatic heterocycles. The fourth-order valence-corrected chi connectivity index (χ4v) is 3.38. The minimum atomic E-state index is -0.0848. The van der Waals surface area contributed by atoms with Crippen molar-refractivity contribution in [1.82, 2.24) is 4.57 Å². The van der Waals surface area contributed by atoms with Gasteiger partial charge in [-0.05, 0) is 25.1 Å². The summed E-state index contributed by atoms with van der Waals surface area (Å²) < 4.78 is 2.01. The van der Waals surface area contributed by atoms with Gasteiger partial charge in [0.2, 0.25) is 0 Å². The molecule has 4 rings (SSSR count). The molecule has 0 atom stereocenters. The lowest BCUT2D eigenvalue weighted by molar-refractivity contribution is 0.103. The second kappa shape index (κ2) is 6.69. The summed E-state index contributed by atoms with van der Waals surface area (Å²) in [7, 11) is 1.95. The molecule has 3 heteroatoms. The lowest BCUT2D eigenvalue weighted by Crippen LogP contribution is -2.07. The lowest BCUT2D eigenvalue weighted by Gasteiger charge is -2.09. The Labute approximate surface area is 157 Å². The van der Waals surface area contributed by atoms with E-state index < -0.39 is 0 Å². The van der Waals surface area contributed by atoms with Crippen molar-refractivity contribution >= 4 is 22.5 Å². The number of hydrogen-bond donors (Lipinski definition) is 0. The molecule has 132 valence electrons.